The number of fused-ring (bicyclic) bond motifs is 1. The summed E-state index contributed by atoms with van der Waals surface area (Å²) in [7, 11) is 1.67. The van der Waals surface area contributed by atoms with Gasteiger partial charge in [-0.2, -0.15) is 0 Å². The maximum Gasteiger partial charge on any atom is 0.258 e. The van der Waals surface area contributed by atoms with Crippen molar-refractivity contribution in [3.05, 3.63) is 52.7 Å². The summed E-state index contributed by atoms with van der Waals surface area (Å²) >= 11 is 0. The molecule has 0 bridgehead atoms. The Morgan fingerprint density at radius 3 is 2.77 bits per heavy atom. The molecule has 0 spiro atoms. The molecule has 26 heavy (non-hydrogen) atoms. The van der Waals surface area contributed by atoms with Gasteiger partial charge in [-0.3, -0.25) is 14.6 Å². The van der Waals surface area contributed by atoms with Gasteiger partial charge in [-0.25, -0.2) is 9.37 Å². The van der Waals surface area contributed by atoms with E-state index in [4.69, 9.17) is 0 Å². The van der Waals surface area contributed by atoms with Crippen LogP contribution < -0.4 is 10.9 Å². The minimum absolute atomic E-state index is 0.164. The van der Waals surface area contributed by atoms with Crippen molar-refractivity contribution < 1.29 is 9.18 Å². The number of hydrogen-bond donors (Lipinski definition) is 1. The molecular weight excluding hydrogens is 335 g/mol. The Balaban J connectivity index is 1.77. The summed E-state index contributed by atoms with van der Waals surface area (Å²) in [5.41, 5.74) is 2.75. The van der Waals surface area contributed by atoms with Gasteiger partial charge in [0, 0.05) is 48.2 Å². The van der Waals surface area contributed by atoms with E-state index in [9.17, 15) is 14.0 Å². The summed E-state index contributed by atoms with van der Waals surface area (Å²) in [4.78, 5) is 33.0. The zero-order valence-corrected chi connectivity index (χ0v) is 14.4. The number of carbonyl (C=O) groups is 1. The summed E-state index contributed by atoms with van der Waals surface area (Å²) in [6.07, 6.45) is 4.14. The lowest BCUT2D eigenvalue weighted by Crippen LogP contribution is -2.20. The second-order valence-corrected chi connectivity index (χ2v) is 6.59. The largest absolute Gasteiger partial charge is 0.311 e. The second kappa shape index (κ2) is 6.01. The van der Waals surface area contributed by atoms with E-state index in [1.165, 1.54) is 4.57 Å². The topological polar surface area (TPSA) is 76.9 Å². The zero-order chi connectivity index (χ0) is 18.4. The highest BCUT2D eigenvalue weighted by Crippen LogP contribution is 2.34. The monoisotopic (exact) mass is 352 g/mol. The normalized spacial score (nSPS) is 18.7. The Hall–Kier alpha value is -3.09. The number of rotatable bonds is 3. The molecule has 2 atom stereocenters. The molecule has 0 unspecified atom stereocenters. The average molecular weight is 352 g/mol. The molecule has 0 saturated heterocycles. The summed E-state index contributed by atoms with van der Waals surface area (Å²) in [5.74, 6) is -0.661. The number of aryl methyl sites for hydroxylation is 2. The van der Waals surface area contributed by atoms with Crippen LogP contribution in [0, 0.1) is 12.8 Å². The van der Waals surface area contributed by atoms with Crippen LogP contribution in [0.25, 0.3) is 22.0 Å². The molecule has 1 aliphatic carbocycles. The predicted molar refractivity (Wildman–Crippen MR) is 96.6 cm³/mol. The molecule has 7 heteroatoms. The van der Waals surface area contributed by atoms with Gasteiger partial charge in [0.25, 0.3) is 5.56 Å². The third-order valence-corrected chi connectivity index (χ3v) is 4.74. The van der Waals surface area contributed by atoms with Crippen LogP contribution in [0.15, 0.2) is 41.6 Å². The second-order valence-electron chi connectivity index (χ2n) is 6.59. The van der Waals surface area contributed by atoms with E-state index in [1.807, 2.05) is 13.0 Å². The molecule has 1 N–H and O–H groups in total. The summed E-state index contributed by atoms with van der Waals surface area (Å²) in [5, 5.41) is 3.38. The van der Waals surface area contributed by atoms with Crippen molar-refractivity contribution in [2.24, 2.45) is 13.0 Å². The highest BCUT2D eigenvalue weighted by Gasteiger charge is 2.43. The number of amides is 1. The molecule has 1 amide bonds. The summed E-state index contributed by atoms with van der Waals surface area (Å²) < 4.78 is 14.5. The van der Waals surface area contributed by atoms with Crippen LogP contribution in [-0.2, 0) is 11.8 Å². The first-order valence-electron chi connectivity index (χ1n) is 8.31. The third kappa shape index (κ3) is 2.75. The fraction of sp³-hybridized carbons (Fsp3) is 0.263. The van der Waals surface area contributed by atoms with Crippen LogP contribution >= 0.6 is 0 Å². The number of alkyl halides is 1. The lowest BCUT2D eigenvalue weighted by atomic mass is 10.0. The van der Waals surface area contributed by atoms with Gasteiger partial charge in [-0.1, -0.05) is 0 Å². The molecule has 6 nitrogen and oxygen atoms in total. The van der Waals surface area contributed by atoms with Crippen molar-refractivity contribution in [3.63, 3.8) is 0 Å². The van der Waals surface area contributed by atoms with E-state index in [0.29, 0.717) is 16.9 Å². The van der Waals surface area contributed by atoms with Crippen molar-refractivity contribution in [2.45, 2.75) is 19.5 Å². The quantitative estimate of drug-likeness (QED) is 0.786. The Bertz CT molecular complexity index is 1090. The van der Waals surface area contributed by atoms with Gasteiger partial charge in [-0.05, 0) is 31.0 Å². The van der Waals surface area contributed by atoms with Crippen molar-refractivity contribution in [1.29, 1.82) is 0 Å². The first-order chi connectivity index (χ1) is 12.5. The number of anilines is 1. The molecule has 3 aromatic heterocycles. The Morgan fingerprint density at radius 1 is 1.31 bits per heavy atom. The number of hydrogen-bond acceptors (Lipinski definition) is 4. The van der Waals surface area contributed by atoms with Crippen LogP contribution in [0.2, 0.25) is 0 Å². The maximum absolute atomic E-state index is 13.0. The van der Waals surface area contributed by atoms with E-state index in [1.54, 1.807) is 37.8 Å². The summed E-state index contributed by atoms with van der Waals surface area (Å²) in [6, 6.07) is 5.26. The maximum atomic E-state index is 13.0. The fourth-order valence-electron chi connectivity index (χ4n) is 3.03. The minimum Gasteiger partial charge on any atom is -0.311 e. The van der Waals surface area contributed by atoms with Crippen molar-refractivity contribution in [2.75, 3.05) is 5.32 Å². The number of halogens is 1. The first-order valence-corrected chi connectivity index (χ1v) is 8.31. The number of carbonyl (C=O) groups excluding carboxylic acids is 1. The minimum atomic E-state index is -1.06. The first kappa shape index (κ1) is 16.4. The lowest BCUT2D eigenvalue weighted by molar-refractivity contribution is -0.117. The Kier molecular flexibility index (Phi) is 3.79. The summed E-state index contributed by atoms with van der Waals surface area (Å²) in [6.45, 7) is 1.92. The molecule has 0 radical (unpaired) electrons. The molecule has 1 fully saturated rings. The molecule has 1 saturated carbocycles. The van der Waals surface area contributed by atoms with Gasteiger partial charge < -0.3 is 9.88 Å². The van der Waals surface area contributed by atoms with Crippen molar-refractivity contribution in [1.82, 2.24) is 14.5 Å². The molecule has 0 aliphatic heterocycles. The highest BCUT2D eigenvalue weighted by atomic mass is 19.1. The van der Waals surface area contributed by atoms with Gasteiger partial charge in [0.05, 0.1) is 11.4 Å². The van der Waals surface area contributed by atoms with E-state index >= 15 is 0 Å². The van der Waals surface area contributed by atoms with Crippen molar-refractivity contribution in [3.8, 4) is 11.1 Å². The Labute approximate surface area is 148 Å². The van der Waals surface area contributed by atoms with E-state index < -0.39 is 12.1 Å². The van der Waals surface area contributed by atoms with Crippen LogP contribution in [0.5, 0.6) is 0 Å². The molecule has 3 heterocycles. The molecule has 3 aromatic rings. The Morgan fingerprint density at radius 2 is 2.08 bits per heavy atom. The fourth-order valence-corrected chi connectivity index (χ4v) is 3.03. The standard InChI is InChI=1S/C19H17FN4O2/c1-10-3-4-21-9-14(10)12-5-11-8-22-17(7-16(11)24(2)19(12)26)23-18(25)13-6-15(13)20/h3-5,7-9,13,15H,6H2,1-2H3,(H,22,23,25)/t13-,15+/m0/s1. The van der Waals surface area contributed by atoms with Gasteiger partial charge in [-0.15, -0.1) is 0 Å². The SMILES string of the molecule is Cc1ccncc1-c1cc2cnc(NC(=O)[C@H]3C[C@H]3F)cc2n(C)c1=O. The lowest BCUT2D eigenvalue weighted by Gasteiger charge is -2.11. The van der Waals surface area contributed by atoms with E-state index in [-0.39, 0.29) is 17.9 Å². The van der Waals surface area contributed by atoms with Crippen LogP contribution in [0.3, 0.4) is 0 Å². The zero-order valence-electron chi connectivity index (χ0n) is 14.4. The third-order valence-electron chi connectivity index (χ3n) is 4.74. The van der Waals surface area contributed by atoms with Gasteiger partial charge >= 0.3 is 0 Å². The van der Waals surface area contributed by atoms with Gasteiger partial charge in [0.1, 0.15) is 12.0 Å². The van der Waals surface area contributed by atoms with Crippen molar-refractivity contribution >= 4 is 22.6 Å². The molecular formula is C19H17FN4O2. The highest BCUT2D eigenvalue weighted by molar-refractivity contribution is 5.95. The number of nitrogens with zero attached hydrogens (tertiary/aromatic N) is 3. The molecule has 0 aromatic carbocycles. The number of nitrogens with one attached hydrogen (secondary N) is 1. The van der Waals surface area contributed by atoms with Crippen LogP contribution in [-0.4, -0.2) is 26.6 Å². The van der Waals surface area contributed by atoms with Crippen LogP contribution in [0.4, 0.5) is 10.2 Å². The smallest absolute Gasteiger partial charge is 0.258 e. The van der Waals surface area contributed by atoms with E-state index in [2.05, 4.69) is 15.3 Å². The average Bonchev–Trinajstić information content (AvgIpc) is 3.36. The van der Waals surface area contributed by atoms with Gasteiger partial charge in [0.15, 0.2) is 0 Å². The van der Waals surface area contributed by atoms with Crippen LogP contribution in [0.1, 0.15) is 12.0 Å². The van der Waals surface area contributed by atoms with E-state index in [0.717, 1.165) is 16.5 Å². The number of pyridine rings is 3. The molecule has 4 rings (SSSR count). The van der Waals surface area contributed by atoms with Gasteiger partial charge in [0.2, 0.25) is 5.91 Å². The molecule has 132 valence electrons. The predicted octanol–water partition coefficient (Wildman–Crippen LogP) is 2.60. The molecule has 1 aliphatic rings. The number of aromatic nitrogens is 3.